The average Bonchev–Trinajstić information content (AvgIpc) is 2.86. The molecule has 0 saturated heterocycles. The lowest BCUT2D eigenvalue weighted by molar-refractivity contribution is -0.112. The number of halogens is 2. The van der Waals surface area contributed by atoms with Crippen LogP contribution in [0.5, 0.6) is 0 Å². The molecule has 4 rings (SSSR count). The third-order valence-electron chi connectivity index (χ3n) is 4.23. The Kier molecular flexibility index (Phi) is 6.80. The standard InChI is InChI=1S/C16H15N3O.C6H4Cl2/c1-17-15-13-7-2-3-8-14(13)19(16(15)20)11-12-6-4-5-9-18-10-12;7-5-3-1-2-4-6(5)8/h2-3,5-10H,4,11H2,1H3;1-4H. The minimum absolute atomic E-state index is 0.0415. The van der Waals surface area contributed by atoms with Crippen molar-refractivity contribution in [2.24, 2.45) is 9.98 Å². The fourth-order valence-electron chi connectivity index (χ4n) is 2.89. The first-order valence-electron chi connectivity index (χ1n) is 8.77. The Hall–Kier alpha value is -2.69. The molecule has 2 aromatic rings. The second-order valence-electron chi connectivity index (χ2n) is 6.07. The third kappa shape index (κ3) is 4.58. The van der Waals surface area contributed by atoms with Crippen molar-refractivity contribution >= 4 is 46.7 Å². The minimum Gasteiger partial charge on any atom is -0.302 e. The molecule has 0 aliphatic carbocycles. The maximum absolute atomic E-state index is 12.5. The summed E-state index contributed by atoms with van der Waals surface area (Å²) >= 11 is 11.2. The molecule has 0 saturated carbocycles. The summed E-state index contributed by atoms with van der Waals surface area (Å²) in [6.07, 6.45) is 8.50. The van der Waals surface area contributed by atoms with Gasteiger partial charge in [-0.25, -0.2) is 0 Å². The lowest BCUT2D eigenvalue weighted by Gasteiger charge is -2.17. The van der Waals surface area contributed by atoms with Crippen molar-refractivity contribution in [2.45, 2.75) is 6.42 Å². The van der Waals surface area contributed by atoms with Crippen molar-refractivity contribution in [2.75, 3.05) is 18.5 Å². The van der Waals surface area contributed by atoms with Crippen molar-refractivity contribution < 1.29 is 4.79 Å². The molecule has 6 heteroatoms. The molecule has 0 fully saturated rings. The summed E-state index contributed by atoms with van der Waals surface area (Å²) in [5, 5.41) is 1.21. The number of anilines is 1. The van der Waals surface area contributed by atoms with Gasteiger partial charge in [0.1, 0.15) is 5.71 Å². The third-order valence-corrected chi connectivity index (χ3v) is 4.99. The number of aliphatic imine (C=N–C) groups is 2. The van der Waals surface area contributed by atoms with Gasteiger partial charge < -0.3 is 4.90 Å². The van der Waals surface area contributed by atoms with E-state index in [0.717, 1.165) is 23.2 Å². The number of carbonyl (C=O) groups is 1. The van der Waals surface area contributed by atoms with E-state index >= 15 is 0 Å². The van der Waals surface area contributed by atoms with Crippen LogP contribution in [0.4, 0.5) is 5.69 Å². The average molecular weight is 412 g/mol. The van der Waals surface area contributed by atoms with E-state index in [1.54, 1.807) is 36.5 Å². The molecule has 2 heterocycles. The van der Waals surface area contributed by atoms with E-state index in [1.165, 1.54) is 0 Å². The molecule has 0 aromatic heterocycles. The molecule has 0 atom stereocenters. The molecule has 0 radical (unpaired) electrons. The summed E-state index contributed by atoms with van der Waals surface area (Å²) in [6, 6.07) is 15.0. The van der Waals surface area contributed by atoms with Gasteiger partial charge >= 0.3 is 0 Å². The zero-order chi connectivity index (χ0) is 19.9. The summed E-state index contributed by atoms with van der Waals surface area (Å²) in [5.41, 5.74) is 3.40. The Morgan fingerprint density at radius 2 is 1.75 bits per heavy atom. The van der Waals surface area contributed by atoms with Gasteiger partial charge in [0, 0.05) is 25.0 Å². The van der Waals surface area contributed by atoms with Crippen LogP contribution in [0.1, 0.15) is 12.0 Å². The summed E-state index contributed by atoms with van der Waals surface area (Å²) in [6.45, 7) is 0.528. The van der Waals surface area contributed by atoms with Crippen LogP contribution in [0.15, 0.2) is 82.4 Å². The fraction of sp³-hybridized carbons (Fsp3) is 0.136. The van der Waals surface area contributed by atoms with Gasteiger partial charge in [-0.2, -0.15) is 0 Å². The van der Waals surface area contributed by atoms with Crippen molar-refractivity contribution in [3.63, 3.8) is 0 Å². The molecule has 0 spiro atoms. The molecule has 2 aliphatic rings. The van der Waals surface area contributed by atoms with E-state index in [4.69, 9.17) is 23.2 Å². The molecule has 2 aromatic carbocycles. The first-order valence-corrected chi connectivity index (χ1v) is 9.52. The van der Waals surface area contributed by atoms with Crippen molar-refractivity contribution in [3.8, 4) is 0 Å². The number of nitrogens with zero attached hydrogens (tertiary/aromatic N) is 3. The number of amides is 1. The largest absolute Gasteiger partial charge is 0.302 e. The lowest BCUT2D eigenvalue weighted by atomic mass is 10.1. The molecular formula is C22H19Cl2N3O. The normalized spacial score (nSPS) is 16.4. The van der Waals surface area contributed by atoms with Gasteiger partial charge in [0.2, 0.25) is 0 Å². The highest BCUT2D eigenvalue weighted by Gasteiger charge is 2.33. The minimum atomic E-state index is -0.0415. The molecular weight excluding hydrogens is 393 g/mol. The molecule has 28 heavy (non-hydrogen) atoms. The van der Waals surface area contributed by atoms with E-state index < -0.39 is 0 Å². The maximum Gasteiger partial charge on any atom is 0.277 e. The number of rotatable bonds is 2. The number of hydrogen-bond donors (Lipinski definition) is 0. The Labute approximate surface area is 174 Å². The quantitative estimate of drug-likeness (QED) is 0.655. The van der Waals surface area contributed by atoms with Crippen LogP contribution in [-0.4, -0.2) is 31.4 Å². The van der Waals surface area contributed by atoms with Gasteiger partial charge in [0.25, 0.3) is 5.91 Å². The number of benzene rings is 2. The van der Waals surface area contributed by atoms with Gasteiger partial charge in [-0.1, -0.05) is 65.7 Å². The monoisotopic (exact) mass is 411 g/mol. The van der Waals surface area contributed by atoms with Gasteiger partial charge in [-0.15, -0.1) is 0 Å². The predicted molar refractivity (Wildman–Crippen MR) is 118 cm³/mol. The zero-order valence-corrected chi connectivity index (χ0v) is 16.9. The molecule has 2 aliphatic heterocycles. The van der Waals surface area contributed by atoms with Gasteiger partial charge in [0.05, 0.1) is 22.3 Å². The molecule has 0 bridgehead atoms. The number of carbonyl (C=O) groups excluding carboxylic acids is 1. The Morgan fingerprint density at radius 3 is 2.43 bits per heavy atom. The smallest absolute Gasteiger partial charge is 0.277 e. The zero-order valence-electron chi connectivity index (χ0n) is 15.3. The maximum atomic E-state index is 12.5. The van der Waals surface area contributed by atoms with Gasteiger partial charge in [-0.3, -0.25) is 14.8 Å². The molecule has 0 N–H and O–H groups in total. The summed E-state index contributed by atoms with van der Waals surface area (Å²) in [7, 11) is 1.66. The Bertz CT molecular complexity index is 972. The second kappa shape index (κ2) is 9.49. The van der Waals surface area contributed by atoms with E-state index in [1.807, 2.05) is 42.5 Å². The van der Waals surface area contributed by atoms with E-state index in [0.29, 0.717) is 22.3 Å². The highest BCUT2D eigenvalue weighted by atomic mass is 35.5. The first kappa shape index (κ1) is 20.1. The number of para-hydroxylation sites is 1. The molecule has 142 valence electrons. The first-order chi connectivity index (χ1) is 13.6. The second-order valence-corrected chi connectivity index (χ2v) is 6.89. The van der Waals surface area contributed by atoms with Crippen LogP contribution < -0.4 is 4.90 Å². The van der Waals surface area contributed by atoms with Crippen LogP contribution >= 0.6 is 23.2 Å². The van der Waals surface area contributed by atoms with Crippen LogP contribution in [-0.2, 0) is 4.79 Å². The van der Waals surface area contributed by atoms with Crippen LogP contribution in [0.3, 0.4) is 0 Å². The molecule has 0 unspecified atom stereocenters. The van der Waals surface area contributed by atoms with Gasteiger partial charge in [-0.05, 0) is 30.2 Å². The predicted octanol–water partition coefficient (Wildman–Crippen LogP) is 5.36. The summed E-state index contributed by atoms with van der Waals surface area (Å²) in [4.78, 5) is 22.5. The SMILES string of the molecule is CN=C1C(=O)N(CC2=CCC=CN=C2)c2ccccc21.Clc1ccccc1Cl. The van der Waals surface area contributed by atoms with Crippen LogP contribution in [0, 0.1) is 0 Å². The fourth-order valence-corrected chi connectivity index (χ4v) is 3.17. The summed E-state index contributed by atoms with van der Waals surface area (Å²) < 4.78 is 0. The van der Waals surface area contributed by atoms with Crippen molar-refractivity contribution in [1.82, 2.24) is 0 Å². The Morgan fingerprint density at radius 1 is 1.07 bits per heavy atom. The van der Waals surface area contributed by atoms with Crippen molar-refractivity contribution in [3.05, 3.63) is 88.1 Å². The molecule has 1 amide bonds. The lowest BCUT2D eigenvalue weighted by Crippen LogP contribution is -2.32. The Balaban J connectivity index is 0.000000236. The highest BCUT2D eigenvalue weighted by Crippen LogP contribution is 2.29. The highest BCUT2D eigenvalue weighted by molar-refractivity contribution is 6.54. The van der Waals surface area contributed by atoms with Crippen LogP contribution in [0.2, 0.25) is 10.0 Å². The van der Waals surface area contributed by atoms with Crippen molar-refractivity contribution in [1.29, 1.82) is 0 Å². The summed E-state index contributed by atoms with van der Waals surface area (Å²) in [5.74, 6) is -0.0415. The number of allylic oxidation sites excluding steroid dienone is 2. The number of hydrogen-bond acceptors (Lipinski definition) is 3. The van der Waals surface area contributed by atoms with Gasteiger partial charge in [0.15, 0.2) is 0 Å². The number of fused-ring (bicyclic) bond motifs is 1. The van der Waals surface area contributed by atoms with Crippen LogP contribution in [0.25, 0.3) is 0 Å². The topological polar surface area (TPSA) is 45.0 Å². The molecule has 4 nitrogen and oxygen atoms in total. The van der Waals surface area contributed by atoms with E-state index in [2.05, 4.69) is 16.1 Å². The van der Waals surface area contributed by atoms with E-state index in [9.17, 15) is 4.79 Å². The van der Waals surface area contributed by atoms with E-state index in [-0.39, 0.29) is 5.91 Å².